The van der Waals surface area contributed by atoms with Gasteiger partial charge >= 0.3 is 6.03 Å². The number of likely N-dealkylation sites (tertiary alicyclic amines) is 1. The van der Waals surface area contributed by atoms with E-state index in [0.29, 0.717) is 11.8 Å². The SMILES string of the molecule is O=C(N/C=C/C1CCCCC1)N1CCC(Cc2ccccc2)CC1. The molecule has 0 atom stereocenters. The third-order valence-electron chi connectivity index (χ3n) is 5.49. The number of rotatable bonds is 4. The number of piperidine rings is 1. The Balaban J connectivity index is 1.37. The number of carbonyl (C=O) groups excluding carboxylic acids is 1. The molecule has 24 heavy (non-hydrogen) atoms. The first-order valence-corrected chi connectivity index (χ1v) is 9.57. The second-order valence-corrected chi connectivity index (χ2v) is 7.33. The van der Waals surface area contributed by atoms with Crippen LogP contribution in [0.2, 0.25) is 0 Å². The van der Waals surface area contributed by atoms with Crippen LogP contribution in [0, 0.1) is 11.8 Å². The van der Waals surface area contributed by atoms with Crippen LogP contribution in [-0.4, -0.2) is 24.0 Å². The first-order chi connectivity index (χ1) is 11.8. The molecule has 2 aliphatic rings. The number of amides is 2. The van der Waals surface area contributed by atoms with Crippen LogP contribution in [0.25, 0.3) is 0 Å². The van der Waals surface area contributed by atoms with Gasteiger partial charge in [-0.25, -0.2) is 4.79 Å². The largest absolute Gasteiger partial charge is 0.325 e. The van der Waals surface area contributed by atoms with E-state index in [1.54, 1.807) is 0 Å². The zero-order chi connectivity index (χ0) is 16.6. The molecular formula is C21H30N2O. The van der Waals surface area contributed by atoms with Crippen LogP contribution < -0.4 is 5.32 Å². The molecule has 1 aromatic rings. The van der Waals surface area contributed by atoms with E-state index in [1.807, 2.05) is 11.1 Å². The van der Waals surface area contributed by atoms with E-state index < -0.39 is 0 Å². The van der Waals surface area contributed by atoms with Crippen molar-refractivity contribution in [1.29, 1.82) is 0 Å². The molecule has 0 radical (unpaired) electrons. The van der Waals surface area contributed by atoms with E-state index in [-0.39, 0.29) is 6.03 Å². The summed E-state index contributed by atoms with van der Waals surface area (Å²) in [6.07, 6.45) is 14.0. The third kappa shape index (κ3) is 5.12. The summed E-state index contributed by atoms with van der Waals surface area (Å²) >= 11 is 0. The van der Waals surface area contributed by atoms with Gasteiger partial charge in [-0.05, 0) is 49.5 Å². The van der Waals surface area contributed by atoms with Crippen LogP contribution in [0.5, 0.6) is 0 Å². The first kappa shape index (κ1) is 17.1. The highest BCUT2D eigenvalue weighted by molar-refractivity contribution is 5.75. The number of hydrogen-bond acceptors (Lipinski definition) is 1. The molecule has 3 rings (SSSR count). The van der Waals surface area contributed by atoms with Crippen molar-refractivity contribution in [3.63, 3.8) is 0 Å². The molecule has 1 N–H and O–H groups in total. The van der Waals surface area contributed by atoms with Gasteiger partial charge in [-0.15, -0.1) is 0 Å². The highest BCUT2D eigenvalue weighted by atomic mass is 16.2. The van der Waals surface area contributed by atoms with Gasteiger partial charge in [0.1, 0.15) is 0 Å². The Morgan fingerprint density at radius 1 is 1.04 bits per heavy atom. The topological polar surface area (TPSA) is 32.3 Å². The molecule has 3 heteroatoms. The lowest BCUT2D eigenvalue weighted by molar-refractivity contribution is 0.173. The lowest BCUT2D eigenvalue weighted by Crippen LogP contribution is -2.43. The maximum atomic E-state index is 12.3. The summed E-state index contributed by atoms with van der Waals surface area (Å²) in [5, 5.41) is 2.97. The van der Waals surface area contributed by atoms with Crippen molar-refractivity contribution in [3.8, 4) is 0 Å². The standard InChI is InChI=1S/C21H30N2O/c24-21(22-14-11-18-7-3-1-4-8-18)23-15-12-20(13-16-23)17-19-9-5-2-6-10-19/h2,5-6,9-11,14,18,20H,1,3-4,7-8,12-13,15-17H2,(H,22,24)/b14-11+. The van der Waals surface area contributed by atoms with Crippen LogP contribution >= 0.6 is 0 Å². The summed E-state index contributed by atoms with van der Waals surface area (Å²) in [5.41, 5.74) is 1.41. The lowest BCUT2D eigenvalue weighted by Gasteiger charge is -2.31. The van der Waals surface area contributed by atoms with E-state index >= 15 is 0 Å². The normalized spacial score (nSPS) is 20.4. The summed E-state index contributed by atoms with van der Waals surface area (Å²) in [4.78, 5) is 14.2. The number of nitrogens with one attached hydrogen (secondary N) is 1. The number of carbonyl (C=O) groups is 1. The average Bonchev–Trinajstić information content (AvgIpc) is 2.64. The number of urea groups is 1. The molecule has 1 aliphatic carbocycles. The predicted octanol–water partition coefficient (Wildman–Crippen LogP) is 4.74. The number of allylic oxidation sites excluding steroid dienone is 1. The molecule has 2 fully saturated rings. The average molecular weight is 326 g/mol. The summed E-state index contributed by atoms with van der Waals surface area (Å²) in [7, 11) is 0. The molecule has 1 aliphatic heterocycles. The van der Waals surface area contributed by atoms with Gasteiger partial charge in [0.2, 0.25) is 0 Å². The second-order valence-electron chi connectivity index (χ2n) is 7.33. The van der Waals surface area contributed by atoms with Gasteiger partial charge < -0.3 is 10.2 Å². The summed E-state index contributed by atoms with van der Waals surface area (Å²) in [6.45, 7) is 1.75. The minimum Gasteiger partial charge on any atom is -0.325 e. The summed E-state index contributed by atoms with van der Waals surface area (Å²) in [5.74, 6) is 1.37. The summed E-state index contributed by atoms with van der Waals surface area (Å²) < 4.78 is 0. The molecule has 0 spiro atoms. The van der Waals surface area contributed by atoms with E-state index in [4.69, 9.17) is 0 Å². The Labute approximate surface area is 146 Å². The Hall–Kier alpha value is -1.77. The monoisotopic (exact) mass is 326 g/mol. The molecule has 1 saturated carbocycles. The lowest BCUT2D eigenvalue weighted by atomic mass is 9.89. The molecule has 2 amide bonds. The Morgan fingerprint density at radius 3 is 2.46 bits per heavy atom. The Morgan fingerprint density at radius 2 is 1.75 bits per heavy atom. The van der Waals surface area contributed by atoms with Crippen molar-refractivity contribution >= 4 is 6.03 Å². The zero-order valence-electron chi connectivity index (χ0n) is 14.6. The van der Waals surface area contributed by atoms with Gasteiger partial charge in [0.15, 0.2) is 0 Å². The fraction of sp³-hybridized carbons (Fsp3) is 0.571. The van der Waals surface area contributed by atoms with Gasteiger partial charge in [0, 0.05) is 19.3 Å². The van der Waals surface area contributed by atoms with Crippen LogP contribution in [0.1, 0.15) is 50.5 Å². The number of hydrogen-bond donors (Lipinski definition) is 1. The van der Waals surface area contributed by atoms with Crippen molar-refractivity contribution in [1.82, 2.24) is 10.2 Å². The van der Waals surface area contributed by atoms with Crippen LogP contribution in [0.3, 0.4) is 0 Å². The molecule has 1 aromatic carbocycles. The molecule has 1 heterocycles. The molecule has 1 saturated heterocycles. The van der Waals surface area contributed by atoms with Crippen LogP contribution in [0.15, 0.2) is 42.6 Å². The third-order valence-corrected chi connectivity index (χ3v) is 5.49. The highest BCUT2D eigenvalue weighted by Crippen LogP contribution is 2.24. The van der Waals surface area contributed by atoms with E-state index in [1.165, 1.54) is 37.7 Å². The number of nitrogens with zero attached hydrogens (tertiary/aromatic N) is 1. The van der Waals surface area contributed by atoms with Crippen molar-refractivity contribution < 1.29 is 4.79 Å². The van der Waals surface area contributed by atoms with Crippen molar-refractivity contribution in [2.75, 3.05) is 13.1 Å². The van der Waals surface area contributed by atoms with Gasteiger partial charge in [-0.3, -0.25) is 0 Å². The minimum atomic E-state index is 0.0696. The van der Waals surface area contributed by atoms with Gasteiger partial charge in [-0.1, -0.05) is 55.7 Å². The fourth-order valence-electron chi connectivity index (χ4n) is 3.96. The van der Waals surface area contributed by atoms with Gasteiger partial charge in [0.05, 0.1) is 0 Å². The maximum Gasteiger partial charge on any atom is 0.321 e. The molecule has 0 aromatic heterocycles. The van der Waals surface area contributed by atoms with Gasteiger partial charge in [-0.2, -0.15) is 0 Å². The van der Waals surface area contributed by atoms with Crippen molar-refractivity contribution in [2.45, 2.75) is 51.4 Å². The van der Waals surface area contributed by atoms with Gasteiger partial charge in [0.25, 0.3) is 0 Å². The minimum absolute atomic E-state index is 0.0696. The van der Waals surface area contributed by atoms with Crippen molar-refractivity contribution in [2.24, 2.45) is 11.8 Å². The maximum absolute atomic E-state index is 12.3. The Kier molecular flexibility index (Phi) is 6.33. The molecule has 0 bridgehead atoms. The quantitative estimate of drug-likeness (QED) is 0.851. The van der Waals surface area contributed by atoms with Crippen LogP contribution in [-0.2, 0) is 6.42 Å². The molecule has 130 valence electrons. The predicted molar refractivity (Wildman–Crippen MR) is 98.7 cm³/mol. The van der Waals surface area contributed by atoms with E-state index in [2.05, 4.69) is 41.7 Å². The van der Waals surface area contributed by atoms with Crippen molar-refractivity contribution in [3.05, 3.63) is 48.2 Å². The zero-order valence-corrected chi connectivity index (χ0v) is 14.6. The van der Waals surface area contributed by atoms with E-state index in [0.717, 1.165) is 32.4 Å². The smallest absolute Gasteiger partial charge is 0.321 e. The second kappa shape index (κ2) is 8.91. The Bertz CT molecular complexity index is 526. The number of benzene rings is 1. The van der Waals surface area contributed by atoms with E-state index in [9.17, 15) is 4.79 Å². The highest BCUT2D eigenvalue weighted by Gasteiger charge is 2.22. The first-order valence-electron chi connectivity index (χ1n) is 9.57. The van der Waals surface area contributed by atoms with Crippen LogP contribution in [0.4, 0.5) is 4.79 Å². The summed E-state index contributed by atoms with van der Waals surface area (Å²) in [6, 6.07) is 10.8. The fourth-order valence-corrected chi connectivity index (χ4v) is 3.96. The molecule has 3 nitrogen and oxygen atoms in total. The molecule has 0 unspecified atom stereocenters. The molecular weight excluding hydrogens is 296 g/mol.